The third kappa shape index (κ3) is 3.80. The van der Waals surface area contributed by atoms with Crippen molar-refractivity contribution in [3.8, 4) is 5.75 Å². The van der Waals surface area contributed by atoms with Gasteiger partial charge in [-0.1, -0.05) is 17.7 Å². The van der Waals surface area contributed by atoms with Gasteiger partial charge in [0, 0.05) is 36.8 Å². The largest absolute Gasteiger partial charge is 0.497 e. The van der Waals surface area contributed by atoms with Crippen LogP contribution in [0.5, 0.6) is 5.75 Å². The number of methoxy groups -OCH3 is 1. The summed E-state index contributed by atoms with van der Waals surface area (Å²) in [5.74, 6) is -0.540. The van der Waals surface area contributed by atoms with Crippen molar-refractivity contribution >= 4 is 23.4 Å². The highest BCUT2D eigenvalue weighted by Crippen LogP contribution is 2.19. The molecular weight excluding hydrogens is 359 g/mol. The molecule has 0 spiro atoms. The van der Waals surface area contributed by atoms with Crippen LogP contribution in [-0.2, 0) is 0 Å². The van der Waals surface area contributed by atoms with Gasteiger partial charge >= 0.3 is 0 Å². The van der Waals surface area contributed by atoms with Crippen LogP contribution in [0.15, 0.2) is 42.5 Å². The molecule has 1 aliphatic heterocycles. The molecule has 2 amide bonds. The molecule has 0 N–H and O–H groups in total. The van der Waals surface area contributed by atoms with E-state index in [2.05, 4.69) is 0 Å². The number of rotatable bonds is 3. The molecular formula is C19H18ClFN2O3. The second kappa shape index (κ2) is 7.74. The summed E-state index contributed by atoms with van der Waals surface area (Å²) in [6, 6.07) is 10.9. The molecule has 7 heteroatoms. The van der Waals surface area contributed by atoms with Crippen LogP contribution in [0.2, 0.25) is 5.02 Å². The summed E-state index contributed by atoms with van der Waals surface area (Å²) in [4.78, 5) is 28.3. The van der Waals surface area contributed by atoms with E-state index in [1.165, 1.54) is 12.1 Å². The van der Waals surface area contributed by atoms with Gasteiger partial charge < -0.3 is 14.5 Å². The van der Waals surface area contributed by atoms with E-state index in [1.807, 2.05) is 0 Å². The average molecular weight is 377 g/mol. The Bertz CT molecular complexity index is 835. The highest BCUT2D eigenvalue weighted by Gasteiger charge is 2.27. The number of benzene rings is 2. The zero-order valence-corrected chi connectivity index (χ0v) is 15.0. The van der Waals surface area contributed by atoms with Crippen LogP contribution in [0.4, 0.5) is 4.39 Å². The third-order valence-electron chi connectivity index (χ3n) is 4.33. The van der Waals surface area contributed by atoms with Crippen molar-refractivity contribution in [3.05, 3.63) is 64.4 Å². The van der Waals surface area contributed by atoms with Crippen molar-refractivity contribution in [2.45, 2.75) is 0 Å². The smallest absolute Gasteiger partial charge is 0.256 e. The molecule has 0 atom stereocenters. The van der Waals surface area contributed by atoms with Gasteiger partial charge in [0.2, 0.25) is 0 Å². The quantitative estimate of drug-likeness (QED) is 0.827. The summed E-state index contributed by atoms with van der Waals surface area (Å²) in [6.45, 7) is 1.46. The number of piperazine rings is 1. The minimum Gasteiger partial charge on any atom is -0.497 e. The maximum atomic E-state index is 13.9. The summed E-state index contributed by atoms with van der Waals surface area (Å²) in [6.07, 6.45) is 0. The zero-order valence-electron chi connectivity index (χ0n) is 14.2. The Kier molecular flexibility index (Phi) is 5.42. The molecule has 26 heavy (non-hydrogen) atoms. The average Bonchev–Trinajstić information content (AvgIpc) is 2.67. The second-order valence-electron chi connectivity index (χ2n) is 5.94. The molecule has 0 aromatic heterocycles. The van der Waals surface area contributed by atoms with E-state index in [-0.39, 0.29) is 16.5 Å². The molecule has 0 radical (unpaired) electrons. The monoisotopic (exact) mass is 376 g/mol. The number of hydrogen-bond acceptors (Lipinski definition) is 3. The SMILES string of the molecule is COc1cccc(C(=O)N2CCN(C(=O)c3ccc(Cl)cc3F)CC2)c1. The van der Waals surface area contributed by atoms with Crippen molar-refractivity contribution in [1.82, 2.24) is 9.80 Å². The van der Waals surface area contributed by atoms with Crippen LogP contribution in [0.1, 0.15) is 20.7 Å². The van der Waals surface area contributed by atoms with Gasteiger partial charge in [-0.3, -0.25) is 9.59 Å². The predicted molar refractivity (Wildman–Crippen MR) is 96.2 cm³/mol. The van der Waals surface area contributed by atoms with E-state index in [0.29, 0.717) is 37.5 Å². The minimum absolute atomic E-state index is 0.0121. The Morgan fingerprint density at radius 1 is 1.00 bits per heavy atom. The van der Waals surface area contributed by atoms with Crippen molar-refractivity contribution in [2.24, 2.45) is 0 Å². The van der Waals surface area contributed by atoms with Crippen molar-refractivity contribution in [3.63, 3.8) is 0 Å². The van der Waals surface area contributed by atoms with Gasteiger partial charge in [-0.2, -0.15) is 0 Å². The van der Waals surface area contributed by atoms with E-state index in [9.17, 15) is 14.0 Å². The number of amides is 2. The van der Waals surface area contributed by atoms with Gasteiger partial charge in [0.05, 0.1) is 12.7 Å². The van der Waals surface area contributed by atoms with Crippen LogP contribution in [0.3, 0.4) is 0 Å². The Morgan fingerprint density at radius 3 is 2.27 bits per heavy atom. The van der Waals surface area contributed by atoms with Crippen LogP contribution in [0.25, 0.3) is 0 Å². The first-order valence-electron chi connectivity index (χ1n) is 8.17. The van der Waals surface area contributed by atoms with Crippen LogP contribution < -0.4 is 4.74 Å². The van der Waals surface area contributed by atoms with Crippen LogP contribution in [0, 0.1) is 5.82 Å². The molecule has 2 aromatic rings. The molecule has 1 saturated heterocycles. The lowest BCUT2D eigenvalue weighted by Crippen LogP contribution is -2.50. The molecule has 1 heterocycles. The normalized spacial score (nSPS) is 14.3. The first-order valence-corrected chi connectivity index (χ1v) is 8.55. The first kappa shape index (κ1) is 18.2. The molecule has 1 fully saturated rings. The highest BCUT2D eigenvalue weighted by atomic mass is 35.5. The van der Waals surface area contributed by atoms with Gasteiger partial charge in [0.1, 0.15) is 11.6 Å². The maximum Gasteiger partial charge on any atom is 0.256 e. The molecule has 0 unspecified atom stereocenters. The highest BCUT2D eigenvalue weighted by molar-refractivity contribution is 6.30. The van der Waals surface area contributed by atoms with E-state index >= 15 is 0 Å². The number of hydrogen-bond donors (Lipinski definition) is 0. The number of carbonyl (C=O) groups is 2. The minimum atomic E-state index is -0.641. The zero-order chi connectivity index (χ0) is 18.7. The maximum absolute atomic E-state index is 13.9. The van der Waals surface area contributed by atoms with Gasteiger partial charge in [-0.25, -0.2) is 4.39 Å². The molecule has 1 aliphatic rings. The second-order valence-corrected chi connectivity index (χ2v) is 6.38. The summed E-state index contributed by atoms with van der Waals surface area (Å²) in [7, 11) is 1.55. The molecule has 3 rings (SSSR count). The number of carbonyl (C=O) groups excluding carboxylic acids is 2. The Labute approximate surface area is 155 Å². The number of halogens is 2. The van der Waals surface area contributed by atoms with E-state index in [1.54, 1.807) is 41.2 Å². The van der Waals surface area contributed by atoms with Crippen molar-refractivity contribution < 1.29 is 18.7 Å². The fraction of sp³-hybridized carbons (Fsp3) is 0.263. The lowest BCUT2D eigenvalue weighted by atomic mass is 10.1. The molecule has 136 valence electrons. The molecule has 0 saturated carbocycles. The van der Waals surface area contributed by atoms with Gasteiger partial charge in [-0.05, 0) is 36.4 Å². The van der Waals surface area contributed by atoms with E-state index < -0.39 is 11.7 Å². The number of nitrogens with zero attached hydrogens (tertiary/aromatic N) is 2. The van der Waals surface area contributed by atoms with Gasteiger partial charge in [-0.15, -0.1) is 0 Å². The molecule has 0 aliphatic carbocycles. The standard InChI is InChI=1S/C19H18ClFN2O3/c1-26-15-4-2-3-13(11-15)18(24)22-7-9-23(10-8-22)19(25)16-6-5-14(20)12-17(16)21/h2-6,11-12H,7-10H2,1H3. The van der Waals surface area contributed by atoms with E-state index in [4.69, 9.17) is 16.3 Å². The van der Waals surface area contributed by atoms with Crippen molar-refractivity contribution in [2.75, 3.05) is 33.3 Å². The summed E-state index contributed by atoms with van der Waals surface area (Å²) < 4.78 is 19.1. The predicted octanol–water partition coefficient (Wildman–Crippen LogP) is 3.09. The van der Waals surface area contributed by atoms with Crippen LogP contribution in [-0.4, -0.2) is 54.9 Å². The molecule has 2 aromatic carbocycles. The Morgan fingerprint density at radius 2 is 1.65 bits per heavy atom. The van der Waals surface area contributed by atoms with E-state index in [0.717, 1.165) is 6.07 Å². The lowest BCUT2D eigenvalue weighted by molar-refractivity contribution is 0.0532. The lowest BCUT2D eigenvalue weighted by Gasteiger charge is -2.35. The topological polar surface area (TPSA) is 49.9 Å². The Hall–Kier alpha value is -2.60. The first-order chi connectivity index (χ1) is 12.5. The summed E-state index contributed by atoms with van der Waals surface area (Å²) in [5.41, 5.74) is 0.523. The number of ether oxygens (including phenoxy) is 1. The molecule has 5 nitrogen and oxygen atoms in total. The van der Waals surface area contributed by atoms with Gasteiger partial charge in [0.15, 0.2) is 0 Å². The summed E-state index contributed by atoms with van der Waals surface area (Å²) in [5, 5.41) is 0.243. The van der Waals surface area contributed by atoms with Crippen LogP contribution >= 0.6 is 11.6 Å². The fourth-order valence-corrected chi connectivity index (χ4v) is 3.04. The molecule has 0 bridgehead atoms. The summed E-state index contributed by atoms with van der Waals surface area (Å²) >= 11 is 5.72. The third-order valence-corrected chi connectivity index (χ3v) is 4.57. The van der Waals surface area contributed by atoms with Crippen molar-refractivity contribution in [1.29, 1.82) is 0 Å². The van der Waals surface area contributed by atoms with Gasteiger partial charge in [0.25, 0.3) is 11.8 Å². The Balaban J connectivity index is 1.65. The fourth-order valence-electron chi connectivity index (χ4n) is 2.88.